The summed E-state index contributed by atoms with van der Waals surface area (Å²) in [5.74, 6) is 1.49. The van der Waals surface area contributed by atoms with Gasteiger partial charge in [0.05, 0.1) is 5.56 Å². The first kappa shape index (κ1) is 16.0. The van der Waals surface area contributed by atoms with Crippen LogP contribution in [-0.2, 0) is 6.18 Å². The zero-order valence-corrected chi connectivity index (χ0v) is 12.4. The molecule has 0 spiro atoms. The number of benzene rings is 1. The summed E-state index contributed by atoms with van der Waals surface area (Å²) < 4.78 is 38.9. The van der Waals surface area contributed by atoms with Gasteiger partial charge in [0.25, 0.3) is 5.91 Å². The van der Waals surface area contributed by atoms with Gasteiger partial charge in [-0.1, -0.05) is 0 Å². The van der Waals surface area contributed by atoms with Gasteiger partial charge in [-0.05, 0) is 42.5 Å². The molecule has 1 aromatic rings. The van der Waals surface area contributed by atoms with Crippen molar-refractivity contribution in [2.75, 3.05) is 23.9 Å². The number of rotatable bonds is 3. The molecule has 1 aromatic carbocycles. The third-order valence-corrected chi connectivity index (χ3v) is 4.46. The molecule has 1 aliphatic heterocycles. The second-order valence-electron chi connectivity index (χ2n) is 4.87. The fourth-order valence-corrected chi connectivity index (χ4v) is 3.36. The number of alkyl halides is 3. The molecule has 1 heterocycles. The van der Waals surface area contributed by atoms with Crippen LogP contribution >= 0.6 is 11.8 Å². The first-order chi connectivity index (χ1) is 9.91. The predicted octanol–water partition coefficient (Wildman–Crippen LogP) is 3.37. The number of halogens is 3. The Bertz CT molecular complexity index is 513. The molecule has 21 heavy (non-hydrogen) atoms. The molecular weight excluding hydrogens is 301 g/mol. The predicted molar refractivity (Wildman–Crippen MR) is 78.8 cm³/mol. The van der Waals surface area contributed by atoms with Gasteiger partial charge >= 0.3 is 6.18 Å². The van der Waals surface area contributed by atoms with Crippen molar-refractivity contribution in [3.05, 3.63) is 29.3 Å². The van der Waals surface area contributed by atoms with E-state index in [2.05, 4.69) is 10.6 Å². The van der Waals surface area contributed by atoms with Crippen LogP contribution < -0.4 is 10.6 Å². The Morgan fingerprint density at radius 2 is 1.95 bits per heavy atom. The highest BCUT2D eigenvalue weighted by Crippen LogP contribution is 2.35. The zero-order chi connectivity index (χ0) is 15.5. The van der Waals surface area contributed by atoms with Crippen LogP contribution in [0.15, 0.2) is 18.2 Å². The van der Waals surface area contributed by atoms with Crippen LogP contribution in [0.3, 0.4) is 0 Å². The summed E-state index contributed by atoms with van der Waals surface area (Å²) in [6.45, 7) is 0. The molecule has 0 aliphatic carbocycles. The lowest BCUT2D eigenvalue weighted by Gasteiger charge is -2.23. The number of anilines is 1. The van der Waals surface area contributed by atoms with Crippen molar-refractivity contribution in [1.82, 2.24) is 5.32 Å². The maximum absolute atomic E-state index is 13.0. The molecule has 3 nitrogen and oxygen atoms in total. The van der Waals surface area contributed by atoms with Crippen LogP contribution in [0.25, 0.3) is 0 Å². The zero-order valence-electron chi connectivity index (χ0n) is 11.6. The molecule has 0 radical (unpaired) electrons. The van der Waals surface area contributed by atoms with E-state index in [-0.39, 0.29) is 17.3 Å². The molecule has 1 fully saturated rings. The highest BCUT2D eigenvalue weighted by Gasteiger charge is 2.34. The SMILES string of the molecule is CNc1ccc(C(=O)NC2CCSCC2)cc1C(F)(F)F. The van der Waals surface area contributed by atoms with Gasteiger partial charge in [-0.3, -0.25) is 4.79 Å². The van der Waals surface area contributed by atoms with E-state index in [1.807, 2.05) is 11.8 Å². The fraction of sp³-hybridized carbons (Fsp3) is 0.500. The van der Waals surface area contributed by atoms with E-state index in [1.54, 1.807) is 0 Å². The van der Waals surface area contributed by atoms with Crippen LogP contribution in [0.2, 0.25) is 0 Å². The van der Waals surface area contributed by atoms with E-state index in [0.29, 0.717) is 0 Å². The third-order valence-electron chi connectivity index (χ3n) is 3.41. The summed E-state index contributed by atoms with van der Waals surface area (Å²) in [6.07, 6.45) is -2.77. The number of carbonyl (C=O) groups excluding carboxylic acids is 1. The Kier molecular flexibility index (Phi) is 5.03. The molecule has 2 N–H and O–H groups in total. The summed E-state index contributed by atoms with van der Waals surface area (Å²) in [5.41, 5.74) is -0.815. The minimum absolute atomic E-state index is 0.0342. The Labute approximate surface area is 125 Å². The van der Waals surface area contributed by atoms with Gasteiger partial charge in [0.15, 0.2) is 0 Å². The first-order valence-corrected chi connectivity index (χ1v) is 7.85. The largest absolute Gasteiger partial charge is 0.418 e. The van der Waals surface area contributed by atoms with Crippen LogP contribution in [0.5, 0.6) is 0 Å². The Hall–Kier alpha value is -1.37. The molecule has 2 rings (SSSR count). The maximum Gasteiger partial charge on any atom is 0.418 e. The average Bonchev–Trinajstić information content (AvgIpc) is 2.46. The fourth-order valence-electron chi connectivity index (χ4n) is 2.25. The Morgan fingerprint density at radius 3 is 2.52 bits per heavy atom. The van der Waals surface area contributed by atoms with Crippen molar-refractivity contribution in [2.24, 2.45) is 0 Å². The van der Waals surface area contributed by atoms with Crippen LogP contribution in [0.4, 0.5) is 18.9 Å². The average molecular weight is 318 g/mol. The highest BCUT2D eigenvalue weighted by atomic mass is 32.2. The van der Waals surface area contributed by atoms with Gasteiger partial charge in [0.2, 0.25) is 0 Å². The standard InChI is InChI=1S/C14H17F3N2OS/c1-18-12-3-2-9(8-11(12)14(15,16)17)13(20)19-10-4-6-21-7-5-10/h2-3,8,10,18H,4-7H2,1H3,(H,19,20). The summed E-state index contributed by atoms with van der Waals surface area (Å²) in [4.78, 5) is 12.1. The van der Waals surface area contributed by atoms with Crippen molar-refractivity contribution in [3.63, 3.8) is 0 Å². The lowest BCUT2D eigenvalue weighted by atomic mass is 10.1. The van der Waals surface area contributed by atoms with E-state index < -0.39 is 17.6 Å². The highest BCUT2D eigenvalue weighted by molar-refractivity contribution is 7.99. The van der Waals surface area contributed by atoms with E-state index in [1.165, 1.54) is 19.2 Å². The lowest BCUT2D eigenvalue weighted by Crippen LogP contribution is -2.37. The second kappa shape index (κ2) is 6.60. The second-order valence-corrected chi connectivity index (χ2v) is 6.09. The quantitative estimate of drug-likeness (QED) is 0.898. The van der Waals surface area contributed by atoms with E-state index >= 15 is 0 Å². The molecule has 0 aromatic heterocycles. The monoisotopic (exact) mass is 318 g/mol. The van der Waals surface area contributed by atoms with Crippen LogP contribution in [0, 0.1) is 0 Å². The summed E-state index contributed by atoms with van der Waals surface area (Å²) in [6, 6.07) is 3.65. The topological polar surface area (TPSA) is 41.1 Å². The van der Waals surface area contributed by atoms with Crippen molar-refractivity contribution in [2.45, 2.75) is 25.1 Å². The third kappa shape index (κ3) is 4.06. The molecule has 0 saturated carbocycles. The molecule has 1 aliphatic rings. The van der Waals surface area contributed by atoms with Crippen molar-refractivity contribution in [3.8, 4) is 0 Å². The minimum Gasteiger partial charge on any atom is -0.388 e. The van der Waals surface area contributed by atoms with Crippen molar-refractivity contribution >= 4 is 23.4 Å². The normalized spacial score (nSPS) is 16.6. The molecule has 1 saturated heterocycles. The van der Waals surface area contributed by atoms with Gasteiger partial charge in [-0.15, -0.1) is 0 Å². The number of nitrogens with one attached hydrogen (secondary N) is 2. The molecule has 0 unspecified atom stereocenters. The van der Waals surface area contributed by atoms with Crippen LogP contribution in [0.1, 0.15) is 28.8 Å². The van der Waals surface area contributed by atoms with Gasteiger partial charge in [-0.2, -0.15) is 24.9 Å². The summed E-state index contributed by atoms with van der Waals surface area (Å²) >= 11 is 1.82. The van der Waals surface area contributed by atoms with E-state index in [9.17, 15) is 18.0 Å². The maximum atomic E-state index is 13.0. The smallest absolute Gasteiger partial charge is 0.388 e. The minimum atomic E-state index is -4.49. The van der Waals surface area contributed by atoms with Crippen LogP contribution in [-0.4, -0.2) is 30.5 Å². The molecular formula is C14H17F3N2OS. The number of thioether (sulfide) groups is 1. The van der Waals surface area contributed by atoms with Gasteiger partial charge < -0.3 is 10.6 Å². The van der Waals surface area contributed by atoms with Gasteiger partial charge in [0, 0.05) is 24.3 Å². The number of hydrogen-bond donors (Lipinski definition) is 2. The lowest BCUT2D eigenvalue weighted by molar-refractivity contribution is -0.136. The first-order valence-electron chi connectivity index (χ1n) is 6.69. The number of amides is 1. The molecule has 7 heteroatoms. The summed E-state index contributed by atoms with van der Waals surface area (Å²) in [5, 5.41) is 5.31. The molecule has 1 amide bonds. The van der Waals surface area contributed by atoms with E-state index in [0.717, 1.165) is 30.4 Å². The molecule has 0 atom stereocenters. The van der Waals surface area contributed by atoms with Gasteiger partial charge in [-0.25, -0.2) is 0 Å². The molecule has 116 valence electrons. The number of hydrogen-bond acceptors (Lipinski definition) is 3. The van der Waals surface area contributed by atoms with E-state index in [4.69, 9.17) is 0 Å². The molecule has 0 bridgehead atoms. The number of carbonyl (C=O) groups is 1. The van der Waals surface area contributed by atoms with Crippen molar-refractivity contribution < 1.29 is 18.0 Å². The van der Waals surface area contributed by atoms with Gasteiger partial charge in [0.1, 0.15) is 0 Å². The summed E-state index contributed by atoms with van der Waals surface area (Å²) in [7, 11) is 1.42. The Morgan fingerprint density at radius 1 is 1.29 bits per heavy atom. The Balaban J connectivity index is 2.17. The van der Waals surface area contributed by atoms with Crippen molar-refractivity contribution in [1.29, 1.82) is 0 Å².